The zero-order valence-corrected chi connectivity index (χ0v) is 14.2. The molecule has 23 heavy (non-hydrogen) atoms. The molecule has 2 heterocycles. The van der Waals surface area contributed by atoms with Gasteiger partial charge in [0.2, 0.25) is 5.91 Å². The van der Waals surface area contributed by atoms with Gasteiger partial charge in [0.05, 0.1) is 11.7 Å². The molecule has 124 valence electrons. The van der Waals surface area contributed by atoms with Crippen molar-refractivity contribution in [1.82, 2.24) is 14.9 Å². The molecule has 0 radical (unpaired) electrons. The molecule has 2 aromatic rings. The van der Waals surface area contributed by atoms with Crippen LogP contribution in [0.3, 0.4) is 0 Å². The van der Waals surface area contributed by atoms with Gasteiger partial charge in [-0.2, -0.15) is 0 Å². The molecule has 0 aliphatic heterocycles. The largest absolute Gasteiger partial charge is 0.480 e. The lowest BCUT2D eigenvalue weighted by atomic mass is 10.1. The summed E-state index contributed by atoms with van der Waals surface area (Å²) in [6.45, 7) is 6.30. The number of aliphatic carboxylic acids is 1. The Labute approximate surface area is 137 Å². The predicted molar refractivity (Wildman–Crippen MR) is 87.8 cm³/mol. The zero-order chi connectivity index (χ0) is 17.4. The molecular weight excluding hydrogens is 318 g/mol. The Kier molecular flexibility index (Phi) is 4.56. The molecule has 1 amide bonds. The number of thiophene rings is 1. The molecule has 0 aromatic carbocycles. The summed E-state index contributed by atoms with van der Waals surface area (Å²) in [5.74, 6) is -1.70. The highest BCUT2D eigenvalue weighted by Crippen LogP contribution is 2.21. The Balaban J connectivity index is 2.36. The smallest absolute Gasteiger partial charge is 0.328 e. The fourth-order valence-corrected chi connectivity index (χ4v) is 2.95. The maximum absolute atomic E-state index is 12.5. The summed E-state index contributed by atoms with van der Waals surface area (Å²) in [6, 6.07) is 0.931. The number of carboxylic acid groups (broad SMARTS) is 1. The summed E-state index contributed by atoms with van der Waals surface area (Å²) in [4.78, 5) is 41.8. The quantitative estimate of drug-likeness (QED) is 0.862. The summed E-state index contributed by atoms with van der Waals surface area (Å²) in [7, 11) is 0. The molecule has 0 spiro atoms. The molecule has 0 bridgehead atoms. The van der Waals surface area contributed by atoms with Crippen molar-refractivity contribution in [2.24, 2.45) is 0 Å². The molecule has 8 heteroatoms. The van der Waals surface area contributed by atoms with Crippen LogP contribution in [0.25, 0.3) is 10.2 Å². The molecule has 7 nitrogen and oxygen atoms in total. The minimum atomic E-state index is -1.41. The Bertz CT molecular complexity index is 822. The lowest BCUT2D eigenvalue weighted by Gasteiger charge is -2.24. The van der Waals surface area contributed by atoms with Gasteiger partial charge in [0.15, 0.2) is 0 Å². The van der Waals surface area contributed by atoms with Gasteiger partial charge < -0.3 is 10.4 Å². The van der Waals surface area contributed by atoms with Crippen LogP contribution in [0.2, 0.25) is 0 Å². The number of carbonyl (C=O) groups is 2. The van der Waals surface area contributed by atoms with Gasteiger partial charge in [-0.05, 0) is 33.3 Å². The second-order valence-corrected chi connectivity index (χ2v) is 6.95. The average molecular weight is 337 g/mol. The third kappa shape index (κ3) is 3.26. The zero-order valence-electron chi connectivity index (χ0n) is 13.4. The van der Waals surface area contributed by atoms with E-state index >= 15 is 0 Å². The van der Waals surface area contributed by atoms with Crippen molar-refractivity contribution in [3.05, 3.63) is 27.6 Å². The third-order valence-corrected chi connectivity index (χ3v) is 4.83. The first kappa shape index (κ1) is 17.1. The van der Waals surface area contributed by atoms with E-state index in [0.29, 0.717) is 10.2 Å². The lowest BCUT2D eigenvalue weighted by Crippen LogP contribution is -2.52. The number of carboxylic acids is 1. The van der Waals surface area contributed by atoms with Crippen LogP contribution in [0.5, 0.6) is 0 Å². The van der Waals surface area contributed by atoms with E-state index in [0.717, 1.165) is 11.3 Å². The minimum absolute atomic E-state index is 0.304. The van der Waals surface area contributed by atoms with Crippen LogP contribution in [-0.2, 0) is 16.0 Å². The van der Waals surface area contributed by atoms with Crippen molar-refractivity contribution in [2.45, 2.75) is 45.7 Å². The fraction of sp³-hybridized carbons (Fsp3) is 0.467. The van der Waals surface area contributed by atoms with Crippen molar-refractivity contribution in [3.63, 3.8) is 0 Å². The number of nitrogens with one attached hydrogen (secondary N) is 1. The summed E-state index contributed by atoms with van der Waals surface area (Å²) >= 11 is 1.45. The number of amides is 1. The fourth-order valence-electron chi connectivity index (χ4n) is 2.03. The van der Waals surface area contributed by atoms with Crippen LogP contribution in [0.1, 0.15) is 38.6 Å². The summed E-state index contributed by atoms with van der Waals surface area (Å²) < 4.78 is 1.22. The first-order valence-corrected chi connectivity index (χ1v) is 8.04. The molecule has 2 aromatic heterocycles. The van der Waals surface area contributed by atoms with E-state index in [1.165, 1.54) is 43.0 Å². The van der Waals surface area contributed by atoms with Gasteiger partial charge in [-0.1, -0.05) is 6.92 Å². The van der Waals surface area contributed by atoms with Gasteiger partial charge in [0.25, 0.3) is 5.56 Å². The molecule has 0 aliphatic rings. The van der Waals surface area contributed by atoms with E-state index in [9.17, 15) is 14.4 Å². The Morgan fingerprint density at radius 3 is 2.70 bits per heavy atom. The standard InChI is InChI=1S/C15H19N3O4S/c1-5-9-6-10-12(23-9)16-7-18(13(10)20)8(2)11(19)17-15(3,4)14(21)22/h6-8H,5H2,1-4H3,(H,17,19)(H,21,22). The number of rotatable bonds is 5. The van der Waals surface area contributed by atoms with Crippen LogP contribution < -0.4 is 10.9 Å². The summed E-state index contributed by atoms with van der Waals surface area (Å²) in [5, 5.41) is 12.0. The molecule has 0 fully saturated rings. The Morgan fingerprint density at radius 1 is 1.48 bits per heavy atom. The molecule has 1 atom stereocenters. The van der Waals surface area contributed by atoms with Crippen LogP contribution in [-0.4, -0.2) is 32.1 Å². The average Bonchev–Trinajstić information content (AvgIpc) is 2.90. The van der Waals surface area contributed by atoms with Gasteiger partial charge in [-0.15, -0.1) is 11.3 Å². The van der Waals surface area contributed by atoms with Gasteiger partial charge in [0, 0.05) is 4.88 Å². The number of aromatic nitrogens is 2. The van der Waals surface area contributed by atoms with Crippen LogP contribution >= 0.6 is 11.3 Å². The van der Waals surface area contributed by atoms with Crippen LogP contribution in [0.4, 0.5) is 0 Å². The molecule has 0 saturated heterocycles. The highest BCUT2D eigenvalue weighted by Gasteiger charge is 2.31. The SMILES string of the molecule is CCc1cc2c(=O)n(C(C)C(=O)NC(C)(C)C(=O)O)cnc2s1. The molecule has 0 aliphatic carbocycles. The monoisotopic (exact) mass is 337 g/mol. The van der Waals surface area contributed by atoms with Crippen molar-refractivity contribution < 1.29 is 14.7 Å². The van der Waals surface area contributed by atoms with Gasteiger partial charge >= 0.3 is 5.97 Å². The van der Waals surface area contributed by atoms with E-state index in [2.05, 4.69) is 10.3 Å². The maximum atomic E-state index is 12.5. The highest BCUT2D eigenvalue weighted by atomic mass is 32.1. The van der Waals surface area contributed by atoms with Gasteiger partial charge in [-0.3, -0.25) is 14.2 Å². The van der Waals surface area contributed by atoms with Crippen molar-refractivity contribution in [3.8, 4) is 0 Å². The molecule has 2 N–H and O–H groups in total. The number of hydrogen-bond donors (Lipinski definition) is 2. The second-order valence-electron chi connectivity index (χ2n) is 5.84. The molecule has 2 rings (SSSR count). The molecular formula is C15H19N3O4S. The second kappa shape index (κ2) is 6.11. The first-order valence-electron chi connectivity index (χ1n) is 7.22. The van der Waals surface area contributed by atoms with Gasteiger partial charge in [-0.25, -0.2) is 9.78 Å². The normalized spacial score (nSPS) is 13.0. The topological polar surface area (TPSA) is 101 Å². The maximum Gasteiger partial charge on any atom is 0.328 e. The Hall–Kier alpha value is -2.22. The van der Waals surface area contributed by atoms with E-state index in [-0.39, 0.29) is 5.56 Å². The van der Waals surface area contributed by atoms with Crippen LogP contribution in [0, 0.1) is 0 Å². The lowest BCUT2D eigenvalue weighted by molar-refractivity contribution is -0.146. The van der Waals surface area contributed by atoms with E-state index in [1.807, 2.05) is 6.92 Å². The number of aryl methyl sites for hydroxylation is 1. The highest BCUT2D eigenvalue weighted by molar-refractivity contribution is 7.18. The van der Waals surface area contributed by atoms with Crippen LogP contribution in [0.15, 0.2) is 17.2 Å². The molecule has 0 saturated carbocycles. The van der Waals surface area contributed by atoms with Gasteiger partial charge in [0.1, 0.15) is 16.4 Å². The minimum Gasteiger partial charge on any atom is -0.480 e. The summed E-state index contributed by atoms with van der Waals surface area (Å²) in [5.41, 5.74) is -1.72. The predicted octanol–water partition coefficient (Wildman–Crippen LogP) is 1.56. The number of carbonyl (C=O) groups excluding carboxylic acids is 1. The van der Waals surface area contributed by atoms with E-state index < -0.39 is 23.5 Å². The van der Waals surface area contributed by atoms with E-state index in [4.69, 9.17) is 5.11 Å². The van der Waals surface area contributed by atoms with Crippen molar-refractivity contribution in [2.75, 3.05) is 0 Å². The summed E-state index contributed by atoms with van der Waals surface area (Å²) in [6.07, 6.45) is 2.14. The third-order valence-electron chi connectivity index (χ3n) is 3.64. The number of nitrogens with zero attached hydrogens (tertiary/aromatic N) is 2. The first-order chi connectivity index (χ1) is 10.7. The molecule has 1 unspecified atom stereocenters. The number of hydrogen-bond acceptors (Lipinski definition) is 5. The number of fused-ring (bicyclic) bond motifs is 1. The van der Waals surface area contributed by atoms with Crippen molar-refractivity contribution in [1.29, 1.82) is 0 Å². The van der Waals surface area contributed by atoms with E-state index in [1.54, 1.807) is 6.07 Å². The van der Waals surface area contributed by atoms with Crippen molar-refractivity contribution >= 4 is 33.4 Å². The Morgan fingerprint density at radius 2 is 2.13 bits per heavy atom.